The lowest BCUT2D eigenvalue weighted by Crippen LogP contribution is -2.42. The molecule has 1 heterocycles. The topological polar surface area (TPSA) is 66.8 Å². The van der Waals surface area contributed by atoms with Gasteiger partial charge in [-0.2, -0.15) is 0 Å². The number of benzene rings is 1. The first-order valence-electron chi connectivity index (χ1n) is 7.11. The molecule has 6 heteroatoms. The Morgan fingerprint density at radius 3 is 2.36 bits per heavy atom. The summed E-state index contributed by atoms with van der Waals surface area (Å²) >= 11 is 0. The van der Waals surface area contributed by atoms with Crippen LogP contribution in [0.15, 0.2) is 24.3 Å². The molecule has 0 radical (unpaired) electrons. The highest BCUT2D eigenvalue weighted by molar-refractivity contribution is 5.84. The lowest BCUT2D eigenvalue weighted by Gasteiger charge is -2.27. The van der Waals surface area contributed by atoms with Crippen LogP contribution in [0.2, 0.25) is 0 Å². The van der Waals surface area contributed by atoms with E-state index in [1.165, 1.54) is 29.2 Å². The lowest BCUT2D eigenvalue weighted by molar-refractivity contribution is -0.143. The number of amides is 1. The third-order valence-electron chi connectivity index (χ3n) is 3.73. The van der Waals surface area contributed by atoms with Crippen molar-refractivity contribution in [2.45, 2.75) is 38.2 Å². The van der Waals surface area contributed by atoms with Gasteiger partial charge in [-0.05, 0) is 44.9 Å². The van der Waals surface area contributed by atoms with Crippen molar-refractivity contribution in [3.05, 3.63) is 35.6 Å². The van der Waals surface area contributed by atoms with Gasteiger partial charge in [0.1, 0.15) is 16.8 Å². The van der Waals surface area contributed by atoms with Crippen molar-refractivity contribution in [3.63, 3.8) is 0 Å². The van der Waals surface area contributed by atoms with Crippen LogP contribution in [0.3, 0.4) is 0 Å². The lowest BCUT2D eigenvalue weighted by atomic mass is 9.80. The number of hydrogen-bond donors (Lipinski definition) is 1. The fraction of sp³-hybridized carbons (Fsp3) is 0.500. The van der Waals surface area contributed by atoms with Crippen molar-refractivity contribution in [1.29, 1.82) is 0 Å². The van der Waals surface area contributed by atoms with Gasteiger partial charge in [0.25, 0.3) is 0 Å². The minimum absolute atomic E-state index is 0.0167. The van der Waals surface area contributed by atoms with Gasteiger partial charge in [-0.15, -0.1) is 0 Å². The van der Waals surface area contributed by atoms with Gasteiger partial charge in [0.2, 0.25) is 0 Å². The first-order chi connectivity index (χ1) is 10.1. The minimum atomic E-state index is -1.22. The Labute approximate surface area is 128 Å². The molecule has 0 aromatic heterocycles. The molecule has 5 nitrogen and oxygen atoms in total. The van der Waals surface area contributed by atoms with Crippen molar-refractivity contribution in [3.8, 4) is 0 Å². The summed E-state index contributed by atoms with van der Waals surface area (Å²) in [6.45, 7) is 5.57. The van der Waals surface area contributed by atoms with Gasteiger partial charge in [0, 0.05) is 13.1 Å². The molecule has 1 fully saturated rings. The van der Waals surface area contributed by atoms with Crippen LogP contribution in [0.1, 0.15) is 32.8 Å². The third kappa shape index (κ3) is 3.21. The van der Waals surface area contributed by atoms with Crippen LogP contribution < -0.4 is 0 Å². The van der Waals surface area contributed by atoms with Crippen LogP contribution in [-0.4, -0.2) is 40.8 Å². The van der Waals surface area contributed by atoms with Crippen LogP contribution in [0, 0.1) is 5.82 Å². The summed E-state index contributed by atoms with van der Waals surface area (Å²) in [6.07, 6.45) is -0.259. The molecule has 1 saturated heterocycles. The Hall–Kier alpha value is -2.11. The van der Waals surface area contributed by atoms with Gasteiger partial charge >= 0.3 is 12.1 Å². The van der Waals surface area contributed by atoms with Gasteiger partial charge in [0.15, 0.2) is 0 Å². The molecule has 22 heavy (non-hydrogen) atoms. The SMILES string of the molecule is CC(C)(C)OC(=O)N1CCC(C(=O)O)(c2ccc(F)cc2)C1. The quantitative estimate of drug-likeness (QED) is 0.912. The van der Waals surface area contributed by atoms with Gasteiger partial charge in [-0.25, -0.2) is 9.18 Å². The largest absolute Gasteiger partial charge is 0.481 e. The summed E-state index contributed by atoms with van der Waals surface area (Å²) < 4.78 is 18.3. The summed E-state index contributed by atoms with van der Waals surface area (Å²) in [5.74, 6) is -1.45. The number of aliphatic carboxylic acids is 1. The van der Waals surface area contributed by atoms with E-state index in [1.54, 1.807) is 20.8 Å². The number of ether oxygens (including phenoxy) is 1. The number of carbonyl (C=O) groups is 2. The van der Waals surface area contributed by atoms with E-state index in [9.17, 15) is 19.1 Å². The predicted octanol–water partition coefficient (Wildman–Crippen LogP) is 2.79. The Bertz CT molecular complexity index is 579. The van der Waals surface area contributed by atoms with Gasteiger partial charge in [-0.1, -0.05) is 12.1 Å². The Kier molecular flexibility index (Phi) is 4.13. The molecule has 1 amide bonds. The standard InChI is InChI=1S/C16H20FNO4/c1-15(2,3)22-14(21)18-9-8-16(10-18,13(19)20)11-4-6-12(17)7-5-11/h4-7H,8-10H2,1-3H3,(H,19,20). The first kappa shape index (κ1) is 16.3. The number of rotatable bonds is 2. The van der Waals surface area contributed by atoms with Crippen LogP contribution >= 0.6 is 0 Å². The maximum atomic E-state index is 13.1. The fourth-order valence-corrected chi connectivity index (χ4v) is 2.59. The number of carbonyl (C=O) groups excluding carboxylic acids is 1. The minimum Gasteiger partial charge on any atom is -0.481 e. The molecule has 0 bridgehead atoms. The smallest absolute Gasteiger partial charge is 0.410 e. The van der Waals surface area contributed by atoms with Gasteiger partial charge in [0.05, 0.1) is 0 Å². The van der Waals surface area contributed by atoms with Crippen molar-refractivity contribution in [1.82, 2.24) is 4.90 Å². The zero-order valence-corrected chi connectivity index (χ0v) is 12.9. The van der Waals surface area contributed by atoms with E-state index >= 15 is 0 Å². The number of carboxylic acids is 1. The average Bonchev–Trinajstić information content (AvgIpc) is 2.84. The van der Waals surface area contributed by atoms with E-state index < -0.39 is 28.9 Å². The predicted molar refractivity (Wildman–Crippen MR) is 78.1 cm³/mol. The molecule has 120 valence electrons. The molecule has 1 atom stereocenters. The van der Waals surface area contributed by atoms with Gasteiger partial charge < -0.3 is 14.7 Å². The summed E-state index contributed by atoms with van der Waals surface area (Å²) in [7, 11) is 0. The summed E-state index contributed by atoms with van der Waals surface area (Å²) in [5.41, 5.74) is -1.36. The normalized spacial score (nSPS) is 21.7. The molecular weight excluding hydrogens is 289 g/mol. The van der Waals surface area contributed by atoms with E-state index in [-0.39, 0.29) is 13.0 Å². The average molecular weight is 309 g/mol. The summed E-state index contributed by atoms with van der Waals surface area (Å²) in [5, 5.41) is 9.65. The van der Waals surface area contributed by atoms with Crippen molar-refractivity contribution >= 4 is 12.1 Å². The summed E-state index contributed by atoms with van der Waals surface area (Å²) in [6, 6.07) is 5.39. The highest BCUT2D eigenvalue weighted by atomic mass is 19.1. The number of nitrogens with zero attached hydrogens (tertiary/aromatic N) is 1. The van der Waals surface area contributed by atoms with E-state index in [0.29, 0.717) is 12.1 Å². The maximum absolute atomic E-state index is 13.1. The third-order valence-corrected chi connectivity index (χ3v) is 3.73. The monoisotopic (exact) mass is 309 g/mol. The molecule has 1 aliphatic heterocycles. The molecule has 0 spiro atoms. The van der Waals surface area contributed by atoms with E-state index in [1.807, 2.05) is 0 Å². The van der Waals surface area contributed by atoms with Crippen LogP contribution in [0.5, 0.6) is 0 Å². The highest BCUT2D eigenvalue weighted by Gasteiger charge is 2.48. The van der Waals surface area contributed by atoms with Crippen molar-refractivity contribution in [2.75, 3.05) is 13.1 Å². The van der Waals surface area contributed by atoms with E-state index in [4.69, 9.17) is 4.74 Å². The van der Waals surface area contributed by atoms with E-state index in [2.05, 4.69) is 0 Å². The van der Waals surface area contributed by atoms with Crippen molar-refractivity contribution in [2.24, 2.45) is 0 Å². The molecule has 1 aromatic carbocycles. The molecular formula is C16H20FNO4. The van der Waals surface area contributed by atoms with Gasteiger partial charge in [-0.3, -0.25) is 4.79 Å². The molecule has 0 saturated carbocycles. The molecule has 1 aromatic rings. The zero-order valence-electron chi connectivity index (χ0n) is 12.9. The molecule has 1 aliphatic rings. The number of likely N-dealkylation sites (tertiary alicyclic amines) is 1. The van der Waals surface area contributed by atoms with Crippen molar-refractivity contribution < 1.29 is 23.8 Å². The second-order valence-corrected chi connectivity index (χ2v) is 6.55. The molecule has 1 unspecified atom stereocenters. The molecule has 1 N–H and O–H groups in total. The fourth-order valence-electron chi connectivity index (χ4n) is 2.59. The van der Waals surface area contributed by atoms with Crippen LogP contribution in [0.25, 0.3) is 0 Å². The summed E-state index contributed by atoms with van der Waals surface area (Å²) in [4.78, 5) is 25.3. The number of hydrogen-bond acceptors (Lipinski definition) is 3. The second kappa shape index (κ2) is 5.59. The maximum Gasteiger partial charge on any atom is 0.410 e. The Morgan fingerprint density at radius 1 is 1.27 bits per heavy atom. The second-order valence-electron chi connectivity index (χ2n) is 6.55. The van der Waals surface area contributed by atoms with Crippen LogP contribution in [-0.2, 0) is 14.9 Å². The highest BCUT2D eigenvalue weighted by Crippen LogP contribution is 2.35. The molecule has 0 aliphatic carbocycles. The number of halogens is 1. The Balaban J connectivity index is 2.23. The zero-order chi connectivity index (χ0) is 16.5. The first-order valence-corrected chi connectivity index (χ1v) is 7.11. The molecule has 2 rings (SSSR count). The van der Waals surface area contributed by atoms with E-state index in [0.717, 1.165) is 0 Å². The Morgan fingerprint density at radius 2 is 1.86 bits per heavy atom. The van der Waals surface area contributed by atoms with Crippen LogP contribution in [0.4, 0.5) is 9.18 Å². The number of carboxylic acid groups (broad SMARTS) is 1.